The second-order valence-corrected chi connectivity index (χ2v) is 5.13. The SMILES string of the molecule is COc1ccc(Cc2nnc(/C=C/c3ccccc3OC)o2)cc1. The summed E-state index contributed by atoms with van der Waals surface area (Å²) < 4.78 is 16.1. The third kappa shape index (κ3) is 3.81. The van der Waals surface area contributed by atoms with Gasteiger partial charge in [-0.15, -0.1) is 10.2 Å². The monoisotopic (exact) mass is 322 g/mol. The molecule has 0 saturated carbocycles. The summed E-state index contributed by atoms with van der Waals surface area (Å²) in [7, 11) is 3.29. The highest BCUT2D eigenvalue weighted by Gasteiger charge is 2.06. The summed E-state index contributed by atoms with van der Waals surface area (Å²) in [4.78, 5) is 0. The van der Waals surface area contributed by atoms with Crippen molar-refractivity contribution in [3.8, 4) is 11.5 Å². The topological polar surface area (TPSA) is 57.4 Å². The largest absolute Gasteiger partial charge is 0.497 e. The van der Waals surface area contributed by atoms with E-state index in [9.17, 15) is 0 Å². The van der Waals surface area contributed by atoms with Crippen LogP contribution in [0.1, 0.15) is 22.9 Å². The van der Waals surface area contributed by atoms with Crippen molar-refractivity contribution in [1.82, 2.24) is 10.2 Å². The van der Waals surface area contributed by atoms with Gasteiger partial charge in [0.2, 0.25) is 11.8 Å². The molecule has 5 nitrogen and oxygen atoms in total. The lowest BCUT2D eigenvalue weighted by Gasteiger charge is -2.02. The molecule has 0 spiro atoms. The zero-order valence-corrected chi connectivity index (χ0v) is 13.6. The highest BCUT2D eigenvalue weighted by molar-refractivity contribution is 5.69. The van der Waals surface area contributed by atoms with Crippen molar-refractivity contribution in [3.05, 3.63) is 71.4 Å². The van der Waals surface area contributed by atoms with E-state index in [4.69, 9.17) is 13.9 Å². The molecule has 1 aromatic heterocycles. The van der Waals surface area contributed by atoms with Gasteiger partial charge in [-0.2, -0.15) is 0 Å². The Balaban J connectivity index is 1.69. The van der Waals surface area contributed by atoms with Gasteiger partial charge in [0.05, 0.1) is 20.6 Å². The van der Waals surface area contributed by atoms with E-state index in [0.29, 0.717) is 18.2 Å². The molecule has 0 amide bonds. The molecule has 0 unspecified atom stereocenters. The van der Waals surface area contributed by atoms with Crippen LogP contribution in [0.5, 0.6) is 11.5 Å². The lowest BCUT2D eigenvalue weighted by Crippen LogP contribution is -1.89. The van der Waals surface area contributed by atoms with Crippen LogP contribution in [0.2, 0.25) is 0 Å². The molecule has 0 bridgehead atoms. The van der Waals surface area contributed by atoms with Crippen molar-refractivity contribution in [2.45, 2.75) is 6.42 Å². The second kappa shape index (κ2) is 7.46. The average Bonchev–Trinajstić information content (AvgIpc) is 3.08. The van der Waals surface area contributed by atoms with Crippen LogP contribution < -0.4 is 9.47 Å². The normalized spacial score (nSPS) is 10.9. The van der Waals surface area contributed by atoms with E-state index in [2.05, 4.69) is 10.2 Å². The van der Waals surface area contributed by atoms with Crippen molar-refractivity contribution in [3.63, 3.8) is 0 Å². The minimum absolute atomic E-state index is 0.462. The third-order valence-electron chi connectivity index (χ3n) is 3.54. The minimum atomic E-state index is 0.462. The van der Waals surface area contributed by atoms with Gasteiger partial charge in [-0.25, -0.2) is 0 Å². The molecule has 0 radical (unpaired) electrons. The molecule has 24 heavy (non-hydrogen) atoms. The van der Waals surface area contributed by atoms with Gasteiger partial charge < -0.3 is 13.9 Å². The fourth-order valence-corrected chi connectivity index (χ4v) is 2.29. The smallest absolute Gasteiger partial charge is 0.240 e. The first-order valence-electron chi connectivity index (χ1n) is 7.55. The van der Waals surface area contributed by atoms with Crippen LogP contribution in [0.15, 0.2) is 52.9 Å². The number of nitrogens with zero attached hydrogens (tertiary/aromatic N) is 2. The van der Waals surface area contributed by atoms with Crippen LogP contribution in [-0.4, -0.2) is 24.4 Å². The molecule has 3 rings (SSSR count). The van der Waals surface area contributed by atoms with E-state index in [1.165, 1.54) is 0 Å². The molecule has 0 aliphatic heterocycles. The Morgan fingerprint density at radius 2 is 1.71 bits per heavy atom. The molecule has 0 N–H and O–H groups in total. The molecule has 0 fully saturated rings. The maximum absolute atomic E-state index is 5.66. The van der Waals surface area contributed by atoms with Crippen LogP contribution >= 0.6 is 0 Å². The van der Waals surface area contributed by atoms with Crippen molar-refractivity contribution in [1.29, 1.82) is 0 Å². The zero-order chi connectivity index (χ0) is 16.8. The lowest BCUT2D eigenvalue weighted by molar-refractivity contribution is 0.414. The van der Waals surface area contributed by atoms with Gasteiger partial charge in [0.1, 0.15) is 11.5 Å². The summed E-state index contributed by atoms with van der Waals surface area (Å²) in [6.45, 7) is 0. The number of rotatable bonds is 6. The summed E-state index contributed by atoms with van der Waals surface area (Å²) in [6, 6.07) is 15.5. The number of ether oxygens (including phenoxy) is 2. The summed E-state index contributed by atoms with van der Waals surface area (Å²) in [5.41, 5.74) is 2.04. The first-order chi connectivity index (χ1) is 11.8. The van der Waals surface area contributed by atoms with Crippen LogP contribution in [0.3, 0.4) is 0 Å². The predicted octanol–water partition coefficient (Wildman–Crippen LogP) is 3.85. The van der Waals surface area contributed by atoms with Crippen molar-refractivity contribution < 1.29 is 13.9 Å². The molecular weight excluding hydrogens is 304 g/mol. The van der Waals surface area contributed by atoms with E-state index in [1.807, 2.05) is 54.6 Å². The quantitative estimate of drug-likeness (QED) is 0.690. The van der Waals surface area contributed by atoms with Gasteiger partial charge in [-0.05, 0) is 29.8 Å². The van der Waals surface area contributed by atoms with Gasteiger partial charge in [0.15, 0.2) is 0 Å². The molecule has 0 saturated heterocycles. The first kappa shape index (κ1) is 15.8. The Bertz CT molecular complexity index is 823. The number of aromatic nitrogens is 2. The molecular formula is C19H18N2O3. The fraction of sp³-hybridized carbons (Fsp3) is 0.158. The number of hydrogen-bond acceptors (Lipinski definition) is 5. The van der Waals surface area contributed by atoms with Crippen LogP contribution in [0, 0.1) is 0 Å². The van der Waals surface area contributed by atoms with Crippen LogP contribution in [0.4, 0.5) is 0 Å². The second-order valence-electron chi connectivity index (χ2n) is 5.13. The molecule has 122 valence electrons. The van der Waals surface area contributed by atoms with Crippen LogP contribution in [-0.2, 0) is 6.42 Å². The van der Waals surface area contributed by atoms with Crippen LogP contribution in [0.25, 0.3) is 12.2 Å². The van der Waals surface area contributed by atoms with Crippen molar-refractivity contribution in [2.75, 3.05) is 14.2 Å². The molecule has 5 heteroatoms. The maximum atomic E-state index is 5.66. The van der Waals surface area contributed by atoms with Crippen molar-refractivity contribution in [2.24, 2.45) is 0 Å². The lowest BCUT2D eigenvalue weighted by atomic mass is 10.1. The molecule has 3 aromatic rings. The predicted molar refractivity (Wildman–Crippen MR) is 92.0 cm³/mol. The van der Waals surface area contributed by atoms with E-state index >= 15 is 0 Å². The Labute approximate surface area is 140 Å². The van der Waals surface area contributed by atoms with E-state index in [1.54, 1.807) is 20.3 Å². The van der Waals surface area contributed by atoms with Gasteiger partial charge in [-0.1, -0.05) is 30.3 Å². The average molecular weight is 322 g/mol. The Hall–Kier alpha value is -3.08. The number of methoxy groups -OCH3 is 2. The highest BCUT2D eigenvalue weighted by Crippen LogP contribution is 2.20. The van der Waals surface area contributed by atoms with Gasteiger partial charge >= 0.3 is 0 Å². The summed E-state index contributed by atoms with van der Waals surface area (Å²) >= 11 is 0. The zero-order valence-electron chi connectivity index (χ0n) is 13.6. The highest BCUT2D eigenvalue weighted by atomic mass is 16.5. The van der Waals surface area contributed by atoms with Crippen molar-refractivity contribution >= 4 is 12.2 Å². The molecule has 0 aliphatic carbocycles. The van der Waals surface area contributed by atoms with E-state index in [-0.39, 0.29) is 0 Å². The number of para-hydroxylation sites is 1. The minimum Gasteiger partial charge on any atom is -0.497 e. The number of benzene rings is 2. The fourth-order valence-electron chi connectivity index (χ4n) is 2.29. The Morgan fingerprint density at radius 1 is 0.917 bits per heavy atom. The van der Waals surface area contributed by atoms with E-state index in [0.717, 1.165) is 22.6 Å². The Kier molecular flexibility index (Phi) is 4.91. The Morgan fingerprint density at radius 3 is 2.46 bits per heavy atom. The maximum Gasteiger partial charge on any atom is 0.240 e. The first-order valence-corrected chi connectivity index (χ1v) is 7.55. The molecule has 1 heterocycles. The number of hydrogen-bond donors (Lipinski definition) is 0. The molecule has 2 aromatic carbocycles. The molecule has 0 atom stereocenters. The summed E-state index contributed by atoms with van der Waals surface area (Å²) in [5.74, 6) is 2.65. The van der Waals surface area contributed by atoms with Gasteiger partial charge in [-0.3, -0.25) is 0 Å². The van der Waals surface area contributed by atoms with Gasteiger partial charge in [0, 0.05) is 11.6 Å². The van der Waals surface area contributed by atoms with E-state index < -0.39 is 0 Å². The summed E-state index contributed by atoms with van der Waals surface area (Å²) in [6.07, 6.45) is 4.26. The standard InChI is InChI=1S/C19H18N2O3/c1-22-16-10-7-14(8-11-16)13-19-21-20-18(24-19)12-9-15-5-3-4-6-17(15)23-2/h3-12H,13H2,1-2H3/b12-9+. The summed E-state index contributed by atoms with van der Waals surface area (Å²) in [5, 5.41) is 8.13. The molecule has 0 aliphatic rings. The van der Waals surface area contributed by atoms with Gasteiger partial charge in [0.25, 0.3) is 0 Å². The third-order valence-corrected chi connectivity index (χ3v) is 3.54.